The first kappa shape index (κ1) is 12.1. The highest BCUT2D eigenvalue weighted by Gasteiger charge is 2.33. The Morgan fingerprint density at radius 2 is 1.37 bits per heavy atom. The molecule has 0 aliphatic carbocycles. The van der Waals surface area contributed by atoms with E-state index < -0.39 is 0 Å². The standard InChI is InChI=1S/C17H19NO/c1-4-17(2,3)18-13-9-5-7-11-15(13)19-16-12-8-6-10-14(16)18/h5-12H,4H2,1-3H3. The van der Waals surface area contributed by atoms with Gasteiger partial charge in [0.25, 0.3) is 0 Å². The van der Waals surface area contributed by atoms with E-state index >= 15 is 0 Å². The fraction of sp³-hybridized carbons (Fsp3) is 0.294. The van der Waals surface area contributed by atoms with Gasteiger partial charge in [0, 0.05) is 5.54 Å². The lowest BCUT2D eigenvalue weighted by Crippen LogP contribution is -2.41. The Labute approximate surface area is 114 Å². The quantitative estimate of drug-likeness (QED) is 0.736. The smallest absolute Gasteiger partial charge is 0.151 e. The second kappa shape index (κ2) is 4.30. The molecule has 2 heteroatoms. The van der Waals surface area contributed by atoms with Crippen LogP contribution in [0.2, 0.25) is 0 Å². The molecule has 2 nitrogen and oxygen atoms in total. The molecule has 0 aromatic heterocycles. The fourth-order valence-electron chi connectivity index (χ4n) is 2.51. The van der Waals surface area contributed by atoms with Gasteiger partial charge in [-0.25, -0.2) is 0 Å². The zero-order valence-corrected chi connectivity index (χ0v) is 11.7. The third kappa shape index (κ3) is 1.88. The number of hydrogen-bond acceptors (Lipinski definition) is 2. The lowest BCUT2D eigenvalue weighted by Gasteiger charge is -2.43. The first-order valence-corrected chi connectivity index (χ1v) is 6.79. The van der Waals surface area contributed by atoms with Crippen molar-refractivity contribution in [2.45, 2.75) is 32.7 Å². The normalized spacial score (nSPS) is 13.5. The van der Waals surface area contributed by atoms with Crippen molar-refractivity contribution >= 4 is 11.4 Å². The lowest BCUT2D eigenvalue weighted by atomic mass is 9.96. The number of nitrogens with zero attached hydrogens (tertiary/aromatic N) is 1. The molecule has 2 aromatic carbocycles. The van der Waals surface area contributed by atoms with Crippen LogP contribution in [0.4, 0.5) is 11.4 Å². The second-order valence-electron chi connectivity index (χ2n) is 5.54. The highest BCUT2D eigenvalue weighted by Crippen LogP contribution is 2.49. The van der Waals surface area contributed by atoms with E-state index in [1.807, 2.05) is 24.3 Å². The maximum atomic E-state index is 6.01. The monoisotopic (exact) mass is 253 g/mol. The van der Waals surface area contributed by atoms with Crippen molar-refractivity contribution in [3.05, 3.63) is 48.5 Å². The van der Waals surface area contributed by atoms with Crippen LogP contribution in [-0.2, 0) is 0 Å². The Morgan fingerprint density at radius 1 is 0.895 bits per heavy atom. The molecule has 19 heavy (non-hydrogen) atoms. The zero-order chi connectivity index (χ0) is 13.5. The van der Waals surface area contributed by atoms with Crippen molar-refractivity contribution in [2.75, 3.05) is 4.90 Å². The summed E-state index contributed by atoms with van der Waals surface area (Å²) in [5.41, 5.74) is 2.34. The number of ether oxygens (including phenoxy) is 1. The molecule has 0 N–H and O–H groups in total. The lowest BCUT2D eigenvalue weighted by molar-refractivity contribution is 0.432. The Kier molecular flexibility index (Phi) is 2.74. The molecule has 0 atom stereocenters. The molecule has 0 radical (unpaired) electrons. The summed E-state index contributed by atoms with van der Waals surface area (Å²) in [6.07, 6.45) is 1.07. The molecule has 1 aliphatic heterocycles. The Morgan fingerprint density at radius 3 is 1.84 bits per heavy atom. The van der Waals surface area contributed by atoms with Gasteiger partial charge in [-0.05, 0) is 44.5 Å². The second-order valence-corrected chi connectivity index (χ2v) is 5.54. The summed E-state index contributed by atoms with van der Waals surface area (Å²) in [5, 5.41) is 0. The molecule has 0 saturated heterocycles. The molecule has 0 amide bonds. The molecule has 98 valence electrons. The largest absolute Gasteiger partial charge is 0.453 e. The van der Waals surface area contributed by atoms with E-state index in [2.05, 4.69) is 49.9 Å². The number of benzene rings is 2. The first-order valence-electron chi connectivity index (χ1n) is 6.79. The van der Waals surface area contributed by atoms with Crippen LogP contribution in [0.25, 0.3) is 0 Å². The Bertz CT molecular complexity index is 558. The van der Waals surface area contributed by atoms with E-state index in [1.54, 1.807) is 0 Å². The molecule has 0 saturated carbocycles. The minimum atomic E-state index is 0.0516. The molecule has 1 heterocycles. The van der Waals surface area contributed by atoms with E-state index in [9.17, 15) is 0 Å². The van der Waals surface area contributed by atoms with E-state index in [0.717, 1.165) is 29.3 Å². The van der Waals surface area contributed by atoms with E-state index in [4.69, 9.17) is 4.74 Å². The predicted molar refractivity (Wildman–Crippen MR) is 79.5 cm³/mol. The van der Waals surface area contributed by atoms with Crippen LogP contribution in [0, 0.1) is 0 Å². The minimum absolute atomic E-state index is 0.0516. The number of para-hydroxylation sites is 4. The van der Waals surface area contributed by atoms with Gasteiger partial charge in [0.1, 0.15) is 0 Å². The van der Waals surface area contributed by atoms with Crippen molar-refractivity contribution < 1.29 is 4.74 Å². The van der Waals surface area contributed by atoms with Gasteiger partial charge < -0.3 is 9.64 Å². The maximum Gasteiger partial charge on any atom is 0.151 e. The molecule has 2 aromatic rings. The van der Waals surface area contributed by atoms with Gasteiger partial charge in [-0.3, -0.25) is 0 Å². The average Bonchev–Trinajstić information content (AvgIpc) is 2.44. The number of fused-ring (bicyclic) bond motifs is 2. The molecule has 3 rings (SSSR count). The number of anilines is 2. The third-order valence-electron chi connectivity index (χ3n) is 3.90. The van der Waals surface area contributed by atoms with Crippen LogP contribution in [0.3, 0.4) is 0 Å². The molecule has 1 aliphatic rings. The summed E-state index contributed by atoms with van der Waals surface area (Å²) in [5.74, 6) is 1.87. The molecular weight excluding hydrogens is 234 g/mol. The topological polar surface area (TPSA) is 12.5 Å². The maximum absolute atomic E-state index is 6.01. The molecule has 0 unspecified atom stereocenters. The van der Waals surface area contributed by atoms with Gasteiger partial charge in [0.15, 0.2) is 11.5 Å². The fourth-order valence-corrected chi connectivity index (χ4v) is 2.51. The van der Waals surface area contributed by atoms with Gasteiger partial charge in [0.05, 0.1) is 11.4 Å². The highest BCUT2D eigenvalue weighted by molar-refractivity contribution is 5.79. The SMILES string of the molecule is CCC(C)(C)N1c2ccccc2Oc2ccccc21. The van der Waals surface area contributed by atoms with Crippen molar-refractivity contribution in [3.63, 3.8) is 0 Å². The summed E-state index contributed by atoms with van der Waals surface area (Å²) >= 11 is 0. The van der Waals surface area contributed by atoms with E-state index in [1.165, 1.54) is 0 Å². The van der Waals surface area contributed by atoms with Gasteiger partial charge >= 0.3 is 0 Å². The van der Waals surface area contributed by atoms with Crippen LogP contribution >= 0.6 is 0 Å². The van der Waals surface area contributed by atoms with Gasteiger partial charge in [0.2, 0.25) is 0 Å². The van der Waals surface area contributed by atoms with Gasteiger partial charge in [-0.15, -0.1) is 0 Å². The zero-order valence-electron chi connectivity index (χ0n) is 11.7. The highest BCUT2D eigenvalue weighted by atomic mass is 16.5. The van der Waals surface area contributed by atoms with Crippen molar-refractivity contribution in [2.24, 2.45) is 0 Å². The third-order valence-corrected chi connectivity index (χ3v) is 3.90. The average molecular weight is 253 g/mol. The molecule has 0 bridgehead atoms. The number of hydrogen-bond donors (Lipinski definition) is 0. The molecule has 0 fully saturated rings. The summed E-state index contributed by atoms with van der Waals surface area (Å²) in [4.78, 5) is 2.39. The Hall–Kier alpha value is -1.96. The van der Waals surface area contributed by atoms with Crippen LogP contribution in [-0.4, -0.2) is 5.54 Å². The summed E-state index contributed by atoms with van der Waals surface area (Å²) in [7, 11) is 0. The molecular formula is C17H19NO. The van der Waals surface area contributed by atoms with Crippen LogP contribution in [0.15, 0.2) is 48.5 Å². The molecule has 0 spiro atoms. The van der Waals surface area contributed by atoms with Crippen LogP contribution < -0.4 is 9.64 Å². The van der Waals surface area contributed by atoms with E-state index in [0.29, 0.717) is 0 Å². The van der Waals surface area contributed by atoms with Crippen molar-refractivity contribution in [1.82, 2.24) is 0 Å². The van der Waals surface area contributed by atoms with Gasteiger partial charge in [-0.1, -0.05) is 31.2 Å². The predicted octanol–water partition coefficient (Wildman–Crippen LogP) is 5.12. The van der Waals surface area contributed by atoms with Crippen LogP contribution in [0.1, 0.15) is 27.2 Å². The van der Waals surface area contributed by atoms with Crippen LogP contribution in [0.5, 0.6) is 11.5 Å². The summed E-state index contributed by atoms with van der Waals surface area (Å²) in [6, 6.07) is 16.5. The van der Waals surface area contributed by atoms with Gasteiger partial charge in [-0.2, -0.15) is 0 Å². The van der Waals surface area contributed by atoms with E-state index in [-0.39, 0.29) is 5.54 Å². The first-order chi connectivity index (χ1) is 9.13. The summed E-state index contributed by atoms with van der Waals surface area (Å²) in [6.45, 7) is 6.76. The minimum Gasteiger partial charge on any atom is -0.453 e. The number of rotatable bonds is 2. The summed E-state index contributed by atoms with van der Waals surface area (Å²) < 4.78 is 6.01. The Balaban J connectivity index is 2.22. The van der Waals surface area contributed by atoms with Crippen molar-refractivity contribution in [3.8, 4) is 11.5 Å². The van der Waals surface area contributed by atoms with Crippen molar-refractivity contribution in [1.29, 1.82) is 0 Å².